The van der Waals surface area contributed by atoms with Gasteiger partial charge in [-0.3, -0.25) is 14.9 Å². The molecule has 1 fully saturated rings. The SMILES string of the molecule is CC1=CCc2ncc(-c3cncc(N4CCN(CCO)CC4)n3)cc21. The van der Waals surface area contributed by atoms with Gasteiger partial charge < -0.3 is 10.0 Å². The van der Waals surface area contributed by atoms with Crippen LogP contribution in [0.4, 0.5) is 5.82 Å². The van der Waals surface area contributed by atoms with Crippen LogP contribution in [0.2, 0.25) is 0 Å². The van der Waals surface area contributed by atoms with E-state index < -0.39 is 0 Å². The summed E-state index contributed by atoms with van der Waals surface area (Å²) in [4.78, 5) is 18.4. The van der Waals surface area contributed by atoms with Gasteiger partial charge in [0.15, 0.2) is 0 Å². The van der Waals surface area contributed by atoms with Crippen molar-refractivity contribution >= 4 is 11.4 Å². The molecule has 1 saturated heterocycles. The average molecular weight is 337 g/mol. The summed E-state index contributed by atoms with van der Waals surface area (Å²) in [6.45, 7) is 6.78. The maximum absolute atomic E-state index is 9.06. The summed E-state index contributed by atoms with van der Waals surface area (Å²) >= 11 is 0. The minimum absolute atomic E-state index is 0.217. The van der Waals surface area contributed by atoms with Gasteiger partial charge in [0.25, 0.3) is 0 Å². The Morgan fingerprint density at radius 3 is 2.76 bits per heavy atom. The number of piperazine rings is 1. The number of hydrogen-bond acceptors (Lipinski definition) is 6. The lowest BCUT2D eigenvalue weighted by Gasteiger charge is -2.34. The zero-order chi connectivity index (χ0) is 17.2. The van der Waals surface area contributed by atoms with Gasteiger partial charge in [-0.25, -0.2) is 4.98 Å². The Morgan fingerprint density at radius 2 is 1.96 bits per heavy atom. The molecule has 0 amide bonds. The number of aromatic nitrogens is 3. The largest absolute Gasteiger partial charge is 0.395 e. The molecule has 3 heterocycles. The molecule has 0 atom stereocenters. The second kappa shape index (κ2) is 6.90. The van der Waals surface area contributed by atoms with Gasteiger partial charge in [0.1, 0.15) is 5.82 Å². The molecule has 0 aromatic carbocycles. The van der Waals surface area contributed by atoms with Crippen LogP contribution in [0.3, 0.4) is 0 Å². The fourth-order valence-electron chi connectivity index (χ4n) is 3.49. The summed E-state index contributed by atoms with van der Waals surface area (Å²) in [6, 6.07) is 2.17. The fourth-order valence-corrected chi connectivity index (χ4v) is 3.49. The highest BCUT2D eigenvalue weighted by Gasteiger charge is 2.19. The number of allylic oxidation sites excluding steroid dienone is 2. The number of β-amino-alcohol motifs (C(OH)–C–C–N with tert-alkyl or cyclic N) is 1. The summed E-state index contributed by atoms with van der Waals surface area (Å²) < 4.78 is 0. The van der Waals surface area contributed by atoms with Crippen LogP contribution in [0.1, 0.15) is 18.2 Å². The van der Waals surface area contributed by atoms with Crippen LogP contribution in [0.15, 0.2) is 30.7 Å². The lowest BCUT2D eigenvalue weighted by Crippen LogP contribution is -2.47. The van der Waals surface area contributed by atoms with E-state index in [-0.39, 0.29) is 6.61 Å². The highest BCUT2D eigenvalue weighted by molar-refractivity contribution is 5.74. The first kappa shape index (κ1) is 16.2. The molecule has 2 aromatic rings. The van der Waals surface area contributed by atoms with Crippen molar-refractivity contribution in [2.24, 2.45) is 0 Å². The maximum Gasteiger partial charge on any atom is 0.147 e. The molecule has 130 valence electrons. The van der Waals surface area contributed by atoms with Gasteiger partial charge in [-0.05, 0) is 24.1 Å². The van der Waals surface area contributed by atoms with Crippen molar-refractivity contribution in [2.45, 2.75) is 13.3 Å². The quantitative estimate of drug-likeness (QED) is 0.914. The zero-order valence-corrected chi connectivity index (χ0v) is 14.5. The second-order valence-electron chi connectivity index (χ2n) is 6.62. The average Bonchev–Trinajstić information content (AvgIpc) is 3.03. The Bertz CT molecular complexity index is 796. The fraction of sp³-hybridized carbons (Fsp3) is 0.421. The number of anilines is 1. The Balaban J connectivity index is 1.55. The molecule has 4 rings (SSSR count). The van der Waals surface area contributed by atoms with Gasteiger partial charge in [0.2, 0.25) is 0 Å². The molecule has 0 unspecified atom stereocenters. The zero-order valence-electron chi connectivity index (χ0n) is 14.5. The third kappa shape index (κ3) is 3.27. The van der Waals surface area contributed by atoms with Gasteiger partial charge in [-0.2, -0.15) is 0 Å². The minimum Gasteiger partial charge on any atom is -0.395 e. The lowest BCUT2D eigenvalue weighted by atomic mass is 10.1. The van der Waals surface area contributed by atoms with Crippen LogP contribution < -0.4 is 4.90 Å². The first-order valence-electron chi connectivity index (χ1n) is 8.81. The lowest BCUT2D eigenvalue weighted by molar-refractivity contribution is 0.188. The summed E-state index contributed by atoms with van der Waals surface area (Å²) in [5.41, 5.74) is 5.54. The Kier molecular flexibility index (Phi) is 4.46. The number of pyridine rings is 1. The second-order valence-corrected chi connectivity index (χ2v) is 6.62. The molecule has 6 nitrogen and oxygen atoms in total. The number of rotatable bonds is 4. The van der Waals surface area contributed by atoms with Crippen molar-refractivity contribution in [1.29, 1.82) is 0 Å². The normalized spacial score (nSPS) is 17.5. The Hall–Kier alpha value is -2.31. The van der Waals surface area contributed by atoms with Crippen molar-refractivity contribution in [1.82, 2.24) is 19.9 Å². The predicted molar refractivity (Wildman–Crippen MR) is 98.4 cm³/mol. The van der Waals surface area contributed by atoms with Gasteiger partial charge in [-0.15, -0.1) is 0 Å². The number of aliphatic hydroxyl groups excluding tert-OH is 1. The minimum atomic E-state index is 0.217. The van der Waals surface area contributed by atoms with E-state index in [9.17, 15) is 0 Å². The van der Waals surface area contributed by atoms with Gasteiger partial charge in [-0.1, -0.05) is 6.08 Å². The predicted octanol–water partition coefficient (Wildman–Crippen LogP) is 1.61. The van der Waals surface area contributed by atoms with Crippen LogP contribution in [0, 0.1) is 0 Å². The summed E-state index contributed by atoms with van der Waals surface area (Å²) in [5.74, 6) is 0.911. The first-order chi connectivity index (χ1) is 12.2. The van der Waals surface area contributed by atoms with E-state index in [0.29, 0.717) is 0 Å². The molecule has 2 aliphatic rings. The third-order valence-corrected chi connectivity index (χ3v) is 5.03. The van der Waals surface area contributed by atoms with Gasteiger partial charge in [0, 0.05) is 50.9 Å². The van der Waals surface area contributed by atoms with Crippen molar-refractivity contribution < 1.29 is 5.11 Å². The van der Waals surface area contributed by atoms with Crippen LogP contribution in [-0.2, 0) is 6.42 Å². The van der Waals surface area contributed by atoms with Crippen molar-refractivity contribution in [3.8, 4) is 11.3 Å². The van der Waals surface area contributed by atoms with Crippen LogP contribution in [0.5, 0.6) is 0 Å². The van der Waals surface area contributed by atoms with E-state index in [1.54, 1.807) is 0 Å². The molecule has 0 radical (unpaired) electrons. The molecule has 1 aliphatic heterocycles. The summed E-state index contributed by atoms with van der Waals surface area (Å²) in [5, 5.41) is 9.06. The molecular formula is C19H23N5O. The Labute approximate surface area is 147 Å². The van der Waals surface area contributed by atoms with Crippen molar-refractivity contribution in [3.63, 3.8) is 0 Å². The molecular weight excluding hydrogens is 314 g/mol. The highest BCUT2D eigenvalue weighted by atomic mass is 16.3. The van der Waals surface area contributed by atoms with E-state index in [2.05, 4.69) is 38.8 Å². The summed E-state index contributed by atoms with van der Waals surface area (Å²) in [7, 11) is 0. The van der Waals surface area contributed by atoms with Crippen LogP contribution in [-0.4, -0.2) is 64.3 Å². The number of aliphatic hydroxyl groups is 1. The third-order valence-electron chi connectivity index (χ3n) is 5.03. The number of hydrogen-bond donors (Lipinski definition) is 1. The van der Waals surface area contributed by atoms with Crippen LogP contribution in [0.25, 0.3) is 16.8 Å². The molecule has 2 aromatic heterocycles. The molecule has 25 heavy (non-hydrogen) atoms. The standard InChI is InChI=1S/C19H23N5O/c1-14-2-3-17-16(14)10-15(11-21-17)18-12-20-13-19(22-18)24-6-4-23(5-7-24)8-9-25/h2,10-13,25H,3-9H2,1H3. The smallest absolute Gasteiger partial charge is 0.147 e. The van der Waals surface area contributed by atoms with E-state index in [1.807, 2.05) is 18.6 Å². The molecule has 0 saturated carbocycles. The maximum atomic E-state index is 9.06. The van der Waals surface area contributed by atoms with E-state index in [1.165, 1.54) is 11.1 Å². The van der Waals surface area contributed by atoms with Gasteiger partial charge >= 0.3 is 0 Å². The van der Waals surface area contributed by atoms with E-state index >= 15 is 0 Å². The molecule has 6 heteroatoms. The van der Waals surface area contributed by atoms with Crippen molar-refractivity contribution in [2.75, 3.05) is 44.2 Å². The molecule has 1 aliphatic carbocycles. The topological polar surface area (TPSA) is 65.4 Å². The number of fused-ring (bicyclic) bond motifs is 1. The summed E-state index contributed by atoms with van der Waals surface area (Å²) in [6.07, 6.45) is 8.68. The number of nitrogens with zero attached hydrogens (tertiary/aromatic N) is 5. The first-order valence-corrected chi connectivity index (χ1v) is 8.81. The van der Waals surface area contributed by atoms with E-state index in [4.69, 9.17) is 10.1 Å². The molecule has 0 spiro atoms. The highest BCUT2D eigenvalue weighted by Crippen LogP contribution is 2.29. The monoisotopic (exact) mass is 337 g/mol. The Morgan fingerprint density at radius 1 is 1.12 bits per heavy atom. The van der Waals surface area contributed by atoms with Gasteiger partial charge in [0.05, 0.1) is 30.4 Å². The van der Waals surface area contributed by atoms with Crippen molar-refractivity contribution in [3.05, 3.63) is 42.0 Å². The molecule has 0 bridgehead atoms. The molecule has 1 N–H and O–H groups in total. The van der Waals surface area contributed by atoms with Crippen LogP contribution >= 0.6 is 0 Å². The van der Waals surface area contributed by atoms with E-state index in [0.717, 1.165) is 61.9 Å².